The molecule has 0 aromatic heterocycles. The summed E-state index contributed by atoms with van der Waals surface area (Å²) in [7, 11) is 1.23. The molecule has 6 N–H and O–H groups in total. The molecule has 1 atom stereocenters. The number of nitrogens with two attached hydrogens (primary N) is 1. The largest absolute Gasteiger partial charge is 0.481 e. The summed E-state index contributed by atoms with van der Waals surface area (Å²) >= 11 is 0. The molecule has 0 unspecified atom stereocenters. The minimum atomic E-state index is -1.08. The molecule has 11 nitrogen and oxygen atoms in total. The summed E-state index contributed by atoms with van der Waals surface area (Å²) in [5.41, 5.74) is 5.22. The van der Waals surface area contributed by atoms with Gasteiger partial charge < -0.3 is 30.9 Å². The van der Waals surface area contributed by atoms with Crippen LogP contribution in [-0.4, -0.2) is 63.4 Å². The van der Waals surface area contributed by atoms with Crippen molar-refractivity contribution in [3.05, 3.63) is 0 Å². The van der Waals surface area contributed by atoms with Crippen molar-refractivity contribution in [1.82, 2.24) is 0 Å². The average molecular weight is 381 g/mol. The molecule has 0 bridgehead atoms. The van der Waals surface area contributed by atoms with E-state index in [1.54, 1.807) is 0 Å². The summed E-state index contributed by atoms with van der Waals surface area (Å²) in [5, 5.41) is 32.2. The molecule has 0 saturated heterocycles. The third kappa shape index (κ3) is 29.3. The number of esters is 1. The zero-order valence-electron chi connectivity index (χ0n) is 15.0. The molecule has 0 amide bonds. The Labute approximate surface area is 150 Å². The van der Waals surface area contributed by atoms with Crippen LogP contribution in [0.3, 0.4) is 0 Å². The van der Waals surface area contributed by atoms with Gasteiger partial charge in [-0.1, -0.05) is 13.8 Å². The molecule has 0 aromatic rings. The second-order valence-corrected chi connectivity index (χ2v) is 5.33. The number of carboxylic acids is 4. The van der Waals surface area contributed by atoms with E-state index in [9.17, 15) is 24.0 Å². The van der Waals surface area contributed by atoms with Crippen molar-refractivity contribution in [2.24, 2.45) is 11.7 Å². The molecule has 0 aliphatic heterocycles. The van der Waals surface area contributed by atoms with Crippen molar-refractivity contribution < 1.29 is 49.1 Å². The van der Waals surface area contributed by atoms with Crippen molar-refractivity contribution in [3.8, 4) is 0 Å². The number of carboxylic acid groups (broad SMARTS) is 4. The Morgan fingerprint density at radius 3 is 1.35 bits per heavy atom. The first-order chi connectivity index (χ1) is 11.8. The molecule has 0 aliphatic carbocycles. The maximum atomic E-state index is 10.2. The van der Waals surface area contributed by atoms with Crippen LogP contribution >= 0.6 is 0 Å². The van der Waals surface area contributed by atoms with Crippen LogP contribution in [0.25, 0.3) is 0 Å². The zero-order chi connectivity index (χ0) is 21.3. The van der Waals surface area contributed by atoms with E-state index < -0.39 is 35.9 Å². The first kappa shape index (κ1) is 28.1. The number of hydrogen-bond acceptors (Lipinski definition) is 7. The summed E-state index contributed by atoms with van der Waals surface area (Å²) in [6.07, 6.45) is -0.251. The molecule has 0 heterocycles. The Bertz CT molecular complexity index is 447. The van der Waals surface area contributed by atoms with Crippen LogP contribution in [0.4, 0.5) is 0 Å². The molecule has 152 valence electrons. The average Bonchev–Trinajstić information content (AvgIpc) is 2.51. The van der Waals surface area contributed by atoms with E-state index in [-0.39, 0.29) is 25.7 Å². The highest BCUT2D eigenvalue weighted by molar-refractivity contribution is 5.76. The van der Waals surface area contributed by atoms with Crippen LogP contribution in [0.15, 0.2) is 0 Å². The van der Waals surface area contributed by atoms with E-state index in [2.05, 4.69) is 4.74 Å². The molecule has 0 spiro atoms. The van der Waals surface area contributed by atoms with E-state index >= 15 is 0 Å². The van der Waals surface area contributed by atoms with Gasteiger partial charge in [0, 0.05) is 0 Å². The molecular formula is C15H27NO10. The van der Waals surface area contributed by atoms with Gasteiger partial charge in [0.25, 0.3) is 0 Å². The normalized spacial score (nSPS) is 10.3. The van der Waals surface area contributed by atoms with Crippen molar-refractivity contribution >= 4 is 29.8 Å². The third-order valence-electron chi connectivity index (χ3n) is 2.37. The molecule has 0 aliphatic rings. The maximum Gasteiger partial charge on any atom is 0.320 e. The van der Waals surface area contributed by atoms with Gasteiger partial charge in [0.2, 0.25) is 0 Å². The number of ether oxygens (including phenoxy) is 1. The maximum absolute atomic E-state index is 10.2. The Morgan fingerprint density at radius 2 is 1.15 bits per heavy atom. The molecule has 0 rings (SSSR count). The van der Waals surface area contributed by atoms with E-state index in [1.807, 2.05) is 13.8 Å². The third-order valence-corrected chi connectivity index (χ3v) is 2.37. The lowest BCUT2D eigenvalue weighted by atomic mass is 10.1. The molecule has 0 saturated carbocycles. The fraction of sp³-hybridized carbons (Fsp3) is 0.667. The number of carbonyl (C=O) groups excluding carboxylic acids is 1. The van der Waals surface area contributed by atoms with Crippen LogP contribution < -0.4 is 5.73 Å². The minimum Gasteiger partial charge on any atom is -0.481 e. The highest BCUT2D eigenvalue weighted by Gasteiger charge is 2.11. The Hall–Kier alpha value is -2.69. The highest BCUT2D eigenvalue weighted by Crippen LogP contribution is 2.01. The van der Waals surface area contributed by atoms with Crippen LogP contribution in [0.5, 0.6) is 0 Å². The molecule has 0 radical (unpaired) electrons. The van der Waals surface area contributed by atoms with Gasteiger partial charge in [-0.15, -0.1) is 0 Å². The monoisotopic (exact) mass is 381 g/mol. The lowest BCUT2D eigenvalue weighted by molar-refractivity contribution is -0.145. The molecular weight excluding hydrogens is 354 g/mol. The Kier molecular flexibility index (Phi) is 18.5. The second kappa shape index (κ2) is 17.1. The highest BCUT2D eigenvalue weighted by atomic mass is 16.5. The fourth-order valence-corrected chi connectivity index (χ4v) is 1.13. The number of hydrogen-bond donors (Lipinski definition) is 5. The minimum absolute atomic E-state index is 0.0498. The second-order valence-electron chi connectivity index (χ2n) is 5.33. The summed E-state index contributed by atoms with van der Waals surface area (Å²) in [5.74, 6) is -4.18. The smallest absolute Gasteiger partial charge is 0.320 e. The SMILES string of the molecule is CC(C)C[C@H](N)C(=O)O.COC(=O)CCC(=O)O.O=C(O)CCC(=O)O. The Morgan fingerprint density at radius 1 is 0.808 bits per heavy atom. The Balaban J connectivity index is -0.000000306. The quantitative estimate of drug-likeness (QED) is 0.346. The van der Waals surface area contributed by atoms with Crippen molar-refractivity contribution in [2.75, 3.05) is 7.11 Å². The van der Waals surface area contributed by atoms with Crippen LogP contribution in [0.2, 0.25) is 0 Å². The summed E-state index contributed by atoms with van der Waals surface area (Å²) in [4.78, 5) is 49.4. The van der Waals surface area contributed by atoms with E-state index in [0.717, 1.165) is 0 Å². The zero-order valence-corrected chi connectivity index (χ0v) is 15.0. The van der Waals surface area contributed by atoms with E-state index in [0.29, 0.717) is 12.3 Å². The predicted molar refractivity (Wildman–Crippen MR) is 88.5 cm³/mol. The summed E-state index contributed by atoms with van der Waals surface area (Å²) < 4.78 is 4.20. The fourth-order valence-electron chi connectivity index (χ4n) is 1.13. The molecule has 0 aromatic carbocycles. The van der Waals surface area contributed by atoms with E-state index in [1.165, 1.54) is 7.11 Å². The number of methoxy groups -OCH3 is 1. The van der Waals surface area contributed by atoms with Crippen LogP contribution in [0, 0.1) is 5.92 Å². The molecule has 0 fully saturated rings. The lowest BCUT2D eigenvalue weighted by Gasteiger charge is -2.07. The van der Waals surface area contributed by atoms with Gasteiger partial charge >= 0.3 is 29.8 Å². The topological polar surface area (TPSA) is 202 Å². The van der Waals surface area contributed by atoms with Crippen LogP contribution in [-0.2, 0) is 28.7 Å². The number of carbonyl (C=O) groups is 5. The number of rotatable bonds is 9. The van der Waals surface area contributed by atoms with Gasteiger partial charge in [0.05, 0.1) is 32.8 Å². The van der Waals surface area contributed by atoms with Crippen LogP contribution in [0.1, 0.15) is 46.0 Å². The molecule has 11 heteroatoms. The summed E-state index contributed by atoms with van der Waals surface area (Å²) in [6.45, 7) is 3.89. The predicted octanol–water partition coefficient (Wildman–Crippen LogP) is 0.404. The van der Waals surface area contributed by atoms with Gasteiger partial charge in [-0.25, -0.2) is 0 Å². The van der Waals surface area contributed by atoms with Gasteiger partial charge in [-0.3, -0.25) is 24.0 Å². The van der Waals surface area contributed by atoms with Crippen molar-refractivity contribution in [2.45, 2.75) is 52.0 Å². The lowest BCUT2D eigenvalue weighted by Crippen LogP contribution is -2.31. The van der Waals surface area contributed by atoms with Crippen molar-refractivity contribution in [3.63, 3.8) is 0 Å². The van der Waals surface area contributed by atoms with Crippen molar-refractivity contribution in [1.29, 1.82) is 0 Å². The standard InChI is InChI=1S/C6H13NO2.C5H8O4.C4H6O4/c1-4(2)3-5(7)6(8)9;1-9-5(8)3-2-4(6)7;5-3(6)1-2-4(7)8/h4-5H,3,7H2,1-2H3,(H,8,9);2-3H2,1H3,(H,6,7);1-2H2,(H,5,6)(H,7,8)/t5-;;/m0../s1. The van der Waals surface area contributed by atoms with Gasteiger partial charge in [0.15, 0.2) is 0 Å². The first-order valence-corrected chi connectivity index (χ1v) is 7.53. The van der Waals surface area contributed by atoms with Gasteiger partial charge in [-0.2, -0.15) is 0 Å². The van der Waals surface area contributed by atoms with E-state index in [4.69, 9.17) is 26.2 Å². The molecule has 26 heavy (non-hydrogen) atoms. The van der Waals surface area contributed by atoms with Gasteiger partial charge in [0.1, 0.15) is 6.04 Å². The first-order valence-electron chi connectivity index (χ1n) is 7.53. The summed E-state index contributed by atoms with van der Waals surface area (Å²) in [6, 6.07) is -0.690. The van der Waals surface area contributed by atoms with Gasteiger partial charge in [-0.05, 0) is 12.3 Å². The number of aliphatic carboxylic acids is 4.